The summed E-state index contributed by atoms with van der Waals surface area (Å²) in [6.07, 6.45) is -4.86. The zero-order chi connectivity index (χ0) is 26.9. The summed E-state index contributed by atoms with van der Waals surface area (Å²) in [6, 6.07) is 0.624. The number of nitrogens with one attached hydrogen (secondary N) is 2. The van der Waals surface area contributed by atoms with Crippen LogP contribution in [0.2, 0.25) is 0 Å². The lowest BCUT2D eigenvalue weighted by molar-refractivity contribution is -0.160. The summed E-state index contributed by atoms with van der Waals surface area (Å²) in [4.78, 5) is 38.0. The van der Waals surface area contributed by atoms with Crippen molar-refractivity contribution < 1.29 is 40.4 Å². The van der Waals surface area contributed by atoms with Gasteiger partial charge in [-0.25, -0.2) is 12.8 Å². The van der Waals surface area contributed by atoms with Gasteiger partial charge >= 0.3 is 6.18 Å². The number of imide groups is 1. The number of carbonyl (C=O) groups excluding carboxylic acids is 3. The molecule has 3 rings (SSSR count). The molecule has 36 heavy (non-hydrogen) atoms. The molecule has 3 atom stereocenters. The molecular weight excluding hydrogens is 508 g/mol. The Kier molecular flexibility index (Phi) is 7.75. The van der Waals surface area contributed by atoms with Crippen molar-refractivity contribution in [3.05, 3.63) is 35.6 Å². The fourth-order valence-corrected chi connectivity index (χ4v) is 5.76. The van der Waals surface area contributed by atoms with Crippen molar-refractivity contribution in [3.63, 3.8) is 0 Å². The van der Waals surface area contributed by atoms with Crippen LogP contribution < -0.4 is 10.6 Å². The summed E-state index contributed by atoms with van der Waals surface area (Å²) in [7, 11) is -4.35. The fourth-order valence-electron chi connectivity index (χ4n) is 3.99. The van der Waals surface area contributed by atoms with Crippen LogP contribution >= 0.6 is 0 Å². The first-order chi connectivity index (χ1) is 16.7. The van der Waals surface area contributed by atoms with Gasteiger partial charge in [0.1, 0.15) is 23.4 Å². The van der Waals surface area contributed by atoms with E-state index in [0.29, 0.717) is 0 Å². The Morgan fingerprint density at radius 1 is 1.25 bits per heavy atom. The first-order valence-electron chi connectivity index (χ1n) is 11.1. The number of hydrogen-bond acceptors (Lipinski definition) is 7. The highest BCUT2D eigenvalue weighted by atomic mass is 32.2. The minimum Gasteiger partial charge on any atom is -0.336 e. The Labute approximate surface area is 204 Å². The van der Waals surface area contributed by atoms with Crippen LogP contribution in [-0.2, 0) is 24.2 Å². The van der Waals surface area contributed by atoms with Gasteiger partial charge in [0.05, 0.1) is 23.5 Å². The lowest BCUT2D eigenvalue weighted by atomic mass is 10.0. The first kappa shape index (κ1) is 27.5. The van der Waals surface area contributed by atoms with Gasteiger partial charge in [-0.05, 0) is 37.5 Å². The summed E-state index contributed by atoms with van der Waals surface area (Å²) in [6.45, 7) is 1.58. The van der Waals surface area contributed by atoms with E-state index in [1.54, 1.807) is 0 Å². The number of likely N-dealkylation sites (tertiary alicyclic amines) is 1. The van der Waals surface area contributed by atoms with Gasteiger partial charge in [-0.2, -0.15) is 18.4 Å². The van der Waals surface area contributed by atoms with Crippen molar-refractivity contribution >= 4 is 27.6 Å². The van der Waals surface area contributed by atoms with Crippen molar-refractivity contribution in [2.45, 2.75) is 50.0 Å². The van der Waals surface area contributed by atoms with Crippen molar-refractivity contribution in [2.75, 3.05) is 18.1 Å². The molecule has 1 aliphatic carbocycles. The molecule has 3 amide bonds. The summed E-state index contributed by atoms with van der Waals surface area (Å²) >= 11 is 0. The number of nitriles is 1. The highest BCUT2D eigenvalue weighted by Gasteiger charge is 2.49. The van der Waals surface area contributed by atoms with E-state index in [4.69, 9.17) is 0 Å². The standard InChI is InChI=1S/C22H24F4N4O5S/c1-2-30-17(31)9-14(20(30)33)10-36(34,35)11-16(19(32)29-21(12-27)7-8-21)28-18(22(24,25)26)13-3-5-15(23)6-4-13/h3-6,14,16,18,28H,2,7-11H2,1H3,(H,29,32)/t14?,16-,18-/m0/s1. The molecule has 0 aromatic heterocycles. The van der Waals surface area contributed by atoms with Crippen molar-refractivity contribution in [2.24, 2.45) is 5.92 Å². The Morgan fingerprint density at radius 3 is 2.33 bits per heavy atom. The third-order valence-corrected chi connectivity index (χ3v) is 7.82. The molecule has 2 aliphatic rings. The Hall–Kier alpha value is -3.05. The second kappa shape index (κ2) is 10.1. The summed E-state index contributed by atoms with van der Waals surface area (Å²) in [5.74, 6) is -6.38. The maximum absolute atomic E-state index is 13.9. The van der Waals surface area contributed by atoms with Gasteiger partial charge in [0.2, 0.25) is 17.7 Å². The largest absolute Gasteiger partial charge is 0.407 e. The summed E-state index contributed by atoms with van der Waals surface area (Å²) in [5, 5.41) is 13.5. The van der Waals surface area contributed by atoms with Crippen molar-refractivity contribution in [1.29, 1.82) is 5.26 Å². The Bertz CT molecular complexity index is 1180. The van der Waals surface area contributed by atoms with E-state index in [2.05, 4.69) is 5.32 Å². The van der Waals surface area contributed by atoms with Crippen LogP contribution in [-0.4, -0.2) is 66.8 Å². The van der Waals surface area contributed by atoms with Gasteiger partial charge in [0.15, 0.2) is 9.84 Å². The van der Waals surface area contributed by atoms with Crippen LogP contribution in [0.1, 0.15) is 37.8 Å². The predicted molar refractivity (Wildman–Crippen MR) is 117 cm³/mol. The van der Waals surface area contributed by atoms with Crippen molar-refractivity contribution in [1.82, 2.24) is 15.5 Å². The van der Waals surface area contributed by atoms with Gasteiger partial charge < -0.3 is 5.32 Å². The molecule has 1 aliphatic heterocycles. The van der Waals surface area contributed by atoms with Crippen LogP contribution in [0, 0.1) is 23.1 Å². The molecule has 1 aromatic carbocycles. The predicted octanol–water partition coefficient (Wildman–Crippen LogP) is 1.37. The highest BCUT2D eigenvalue weighted by Crippen LogP contribution is 2.36. The van der Waals surface area contributed by atoms with E-state index < -0.39 is 80.2 Å². The molecule has 2 fully saturated rings. The van der Waals surface area contributed by atoms with Crippen LogP contribution in [0.5, 0.6) is 0 Å². The van der Waals surface area contributed by atoms with E-state index in [-0.39, 0.29) is 25.8 Å². The van der Waals surface area contributed by atoms with Crippen LogP contribution in [0.15, 0.2) is 24.3 Å². The average Bonchev–Trinajstić information content (AvgIpc) is 3.50. The van der Waals surface area contributed by atoms with E-state index >= 15 is 0 Å². The Morgan fingerprint density at radius 2 is 1.86 bits per heavy atom. The fraction of sp³-hybridized carbons (Fsp3) is 0.545. The minimum absolute atomic E-state index is 0.0436. The maximum atomic E-state index is 13.9. The second-order valence-electron chi connectivity index (χ2n) is 8.88. The number of rotatable bonds is 10. The molecule has 2 N–H and O–H groups in total. The molecule has 1 unspecified atom stereocenters. The number of nitrogens with zero attached hydrogens (tertiary/aromatic N) is 2. The molecule has 0 spiro atoms. The quantitative estimate of drug-likeness (QED) is 0.343. The molecule has 196 valence electrons. The number of benzene rings is 1. The van der Waals surface area contributed by atoms with Gasteiger partial charge in [0, 0.05) is 13.0 Å². The molecular formula is C22H24F4N4O5S. The van der Waals surface area contributed by atoms with Gasteiger partial charge in [-0.3, -0.25) is 24.6 Å². The third-order valence-electron chi connectivity index (χ3n) is 6.07. The topological polar surface area (TPSA) is 136 Å². The third kappa shape index (κ3) is 6.38. The molecule has 1 aromatic rings. The average molecular weight is 533 g/mol. The number of carbonyl (C=O) groups is 3. The molecule has 1 saturated heterocycles. The monoisotopic (exact) mass is 532 g/mol. The molecule has 1 saturated carbocycles. The second-order valence-corrected chi connectivity index (χ2v) is 11.0. The van der Waals surface area contributed by atoms with Crippen molar-refractivity contribution in [3.8, 4) is 6.07 Å². The smallest absolute Gasteiger partial charge is 0.336 e. The molecule has 1 heterocycles. The number of hydrogen-bond donors (Lipinski definition) is 2. The van der Waals surface area contributed by atoms with E-state index in [1.165, 1.54) is 6.92 Å². The highest BCUT2D eigenvalue weighted by molar-refractivity contribution is 7.91. The summed E-state index contributed by atoms with van der Waals surface area (Å²) in [5.41, 5.74) is -1.75. The molecule has 14 heteroatoms. The molecule has 9 nitrogen and oxygen atoms in total. The molecule has 0 bridgehead atoms. The normalized spacial score (nSPS) is 21.1. The number of halogens is 4. The van der Waals surface area contributed by atoms with Gasteiger partial charge in [-0.15, -0.1) is 0 Å². The lowest BCUT2D eigenvalue weighted by Crippen LogP contribution is -2.54. The minimum atomic E-state index is -5.00. The Balaban J connectivity index is 1.87. The van der Waals surface area contributed by atoms with Crippen LogP contribution in [0.4, 0.5) is 17.6 Å². The SMILES string of the molecule is CCN1C(=O)CC(CS(=O)(=O)C[C@H](N[C@@H](c2ccc(F)cc2)C(F)(F)F)C(=O)NC2(C#N)CC2)C1=O. The maximum Gasteiger partial charge on any atom is 0.407 e. The van der Waals surface area contributed by atoms with E-state index in [0.717, 1.165) is 29.2 Å². The zero-order valence-corrected chi connectivity index (χ0v) is 20.0. The van der Waals surface area contributed by atoms with Crippen LogP contribution in [0.25, 0.3) is 0 Å². The number of amides is 3. The lowest BCUT2D eigenvalue weighted by Gasteiger charge is -2.28. The van der Waals surface area contributed by atoms with Gasteiger partial charge in [-0.1, -0.05) is 12.1 Å². The first-order valence-corrected chi connectivity index (χ1v) is 12.9. The van der Waals surface area contributed by atoms with Crippen LogP contribution in [0.3, 0.4) is 0 Å². The molecule has 0 radical (unpaired) electrons. The summed E-state index contributed by atoms with van der Waals surface area (Å²) < 4.78 is 80.8. The van der Waals surface area contributed by atoms with E-state index in [1.807, 2.05) is 11.4 Å². The zero-order valence-electron chi connectivity index (χ0n) is 19.1. The number of sulfone groups is 1. The van der Waals surface area contributed by atoms with Gasteiger partial charge in [0.25, 0.3) is 0 Å². The number of alkyl halides is 3. The van der Waals surface area contributed by atoms with E-state index in [9.17, 15) is 45.6 Å².